The monoisotopic (exact) mass is 350 g/mol. The van der Waals surface area contributed by atoms with Crippen molar-refractivity contribution < 1.29 is 4.79 Å². The van der Waals surface area contributed by atoms with E-state index >= 15 is 0 Å². The Morgan fingerprint density at radius 1 is 1.43 bits per heavy atom. The zero-order chi connectivity index (χ0) is 14.5. The average Bonchev–Trinajstić information content (AvgIpc) is 2.89. The van der Waals surface area contributed by atoms with E-state index in [2.05, 4.69) is 10.6 Å². The molecule has 6 heteroatoms. The molecule has 2 N–H and O–H groups in total. The summed E-state index contributed by atoms with van der Waals surface area (Å²) in [6.45, 7) is 3.58. The molecule has 2 atom stereocenters. The summed E-state index contributed by atoms with van der Waals surface area (Å²) in [5.74, 6) is 0.177. The van der Waals surface area contributed by atoms with Crippen LogP contribution in [0.2, 0.25) is 10.0 Å². The Kier molecular flexibility index (Phi) is 7.82. The van der Waals surface area contributed by atoms with Crippen LogP contribution in [0.5, 0.6) is 0 Å². The molecule has 0 spiro atoms. The summed E-state index contributed by atoms with van der Waals surface area (Å²) in [7, 11) is 0. The SMILES string of the molecule is CC(CNC(=O)CC1CCCN1)c1c(Cl)cccc1Cl.Cl. The highest BCUT2D eigenvalue weighted by molar-refractivity contribution is 6.36. The summed E-state index contributed by atoms with van der Waals surface area (Å²) in [4.78, 5) is 11.9. The van der Waals surface area contributed by atoms with Gasteiger partial charge in [0.2, 0.25) is 5.91 Å². The van der Waals surface area contributed by atoms with Crippen LogP contribution in [0.25, 0.3) is 0 Å². The van der Waals surface area contributed by atoms with Crippen LogP contribution in [0.4, 0.5) is 0 Å². The van der Waals surface area contributed by atoms with E-state index in [-0.39, 0.29) is 24.2 Å². The largest absolute Gasteiger partial charge is 0.355 e. The number of carbonyl (C=O) groups excluding carboxylic acids is 1. The predicted molar refractivity (Wildman–Crippen MR) is 90.8 cm³/mol. The highest BCUT2D eigenvalue weighted by Crippen LogP contribution is 2.30. The first-order valence-electron chi connectivity index (χ1n) is 7.02. The maximum Gasteiger partial charge on any atom is 0.221 e. The van der Waals surface area contributed by atoms with Crippen molar-refractivity contribution in [1.82, 2.24) is 10.6 Å². The minimum atomic E-state index is 0. The van der Waals surface area contributed by atoms with Crippen molar-refractivity contribution in [3.05, 3.63) is 33.8 Å². The summed E-state index contributed by atoms with van der Waals surface area (Å²) < 4.78 is 0. The molecule has 3 nitrogen and oxygen atoms in total. The van der Waals surface area contributed by atoms with E-state index in [0.717, 1.165) is 24.9 Å². The van der Waals surface area contributed by atoms with Crippen molar-refractivity contribution in [3.63, 3.8) is 0 Å². The van der Waals surface area contributed by atoms with Crippen molar-refractivity contribution in [3.8, 4) is 0 Å². The van der Waals surface area contributed by atoms with Gasteiger partial charge in [-0.2, -0.15) is 0 Å². The van der Waals surface area contributed by atoms with E-state index in [1.165, 1.54) is 0 Å². The van der Waals surface area contributed by atoms with Gasteiger partial charge in [-0.05, 0) is 37.1 Å². The first-order chi connectivity index (χ1) is 9.58. The van der Waals surface area contributed by atoms with E-state index in [4.69, 9.17) is 23.2 Å². The summed E-state index contributed by atoms with van der Waals surface area (Å²) in [5.41, 5.74) is 0.898. The van der Waals surface area contributed by atoms with Gasteiger partial charge in [-0.15, -0.1) is 12.4 Å². The van der Waals surface area contributed by atoms with Crippen LogP contribution >= 0.6 is 35.6 Å². The summed E-state index contributed by atoms with van der Waals surface area (Å²) in [6.07, 6.45) is 2.78. The highest BCUT2D eigenvalue weighted by atomic mass is 35.5. The second-order valence-electron chi connectivity index (χ2n) is 5.34. The third-order valence-corrected chi connectivity index (χ3v) is 4.35. The van der Waals surface area contributed by atoms with Gasteiger partial charge in [-0.3, -0.25) is 4.79 Å². The minimum absolute atomic E-state index is 0. The Balaban J connectivity index is 0.00000220. The van der Waals surface area contributed by atoms with Crippen LogP contribution in [-0.2, 0) is 4.79 Å². The van der Waals surface area contributed by atoms with Crippen molar-refractivity contribution in [1.29, 1.82) is 0 Å². The molecule has 2 rings (SSSR count). The Morgan fingerprint density at radius 3 is 2.67 bits per heavy atom. The quantitative estimate of drug-likeness (QED) is 0.847. The Bertz CT molecular complexity index is 456. The Morgan fingerprint density at radius 2 is 2.10 bits per heavy atom. The fraction of sp³-hybridized carbons (Fsp3) is 0.533. The van der Waals surface area contributed by atoms with Gasteiger partial charge >= 0.3 is 0 Å². The topological polar surface area (TPSA) is 41.1 Å². The molecule has 1 heterocycles. The number of benzene rings is 1. The van der Waals surface area contributed by atoms with Crippen molar-refractivity contribution >= 4 is 41.5 Å². The molecule has 0 aliphatic carbocycles. The highest BCUT2D eigenvalue weighted by Gasteiger charge is 2.19. The molecule has 21 heavy (non-hydrogen) atoms. The second-order valence-corrected chi connectivity index (χ2v) is 6.15. The number of halogens is 3. The van der Waals surface area contributed by atoms with Gasteiger partial charge in [-0.1, -0.05) is 36.2 Å². The summed E-state index contributed by atoms with van der Waals surface area (Å²) in [6, 6.07) is 5.80. The molecule has 1 aromatic carbocycles. The zero-order valence-corrected chi connectivity index (χ0v) is 14.3. The molecule has 1 saturated heterocycles. The summed E-state index contributed by atoms with van der Waals surface area (Å²) in [5, 5.41) is 7.59. The van der Waals surface area contributed by atoms with Crippen LogP contribution in [0.1, 0.15) is 37.7 Å². The normalized spacial score (nSPS) is 18.9. The molecule has 0 bridgehead atoms. The van der Waals surface area contributed by atoms with Gasteiger partial charge in [0, 0.05) is 35.0 Å². The van der Waals surface area contributed by atoms with Gasteiger partial charge in [0.05, 0.1) is 0 Å². The molecule has 118 valence electrons. The number of amides is 1. The van der Waals surface area contributed by atoms with E-state index in [0.29, 0.717) is 29.1 Å². The van der Waals surface area contributed by atoms with Crippen LogP contribution in [0.15, 0.2) is 18.2 Å². The molecule has 1 aliphatic rings. The number of carbonyl (C=O) groups is 1. The molecule has 2 unspecified atom stereocenters. The number of nitrogens with one attached hydrogen (secondary N) is 2. The molecule has 1 fully saturated rings. The lowest BCUT2D eigenvalue weighted by atomic mass is 10.0. The van der Waals surface area contributed by atoms with Crippen LogP contribution in [-0.4, -0.2) is 25.0 Å². The standard InChI is InChI=1S/C15H20Cl2N2O.ClH/c1-10(15-12(16)5-2-6-13(15)17)9-19-14(20)8-11-4-3-7-18-11;/h2,5-6,10-11,18H,3-4,7-9H2,1H3,(H,19,20);1H. The molecule has 1 aromatic rings. The lowest BCUT2D eigenvalue weighted by Crippen LogP contribution is -2.33. The predicted octanol–water partition coefficient (Wildman–Crippen LogP) is 3.78. The van der Waals surface area contributed by atoms with E-state index < -0.39 is 0 Å². The average molecular weight is 352 g/mol. The first-order valence-corrected chi connectivity index (χ1v) is 7.77. The minimum Gasteiger partial charge on any atom is -0.355 e. The van der Waals surface area contributed by atoms with Crippen LogP contribution in [0.3, 0.4) is 0 Å². The van der Waals surface area contributed by atoms with Crippen LogP contribution in [0, 0.1) is 0 Å². The molecular formula is C15H21Cl3N2O. The van der Waals surface area contributed by atoms with E-state index in [1.54, 1.807) is 0 Å². The van der Waals surface area contributed by atoms with Gasteiger partial charge in [0.15, 0.2) is 0 Å². The third-order valence-electron chi connectivity index (χ3n) is 3.69. The molecule has 0 radical (unpaired) electrons. The van der Waals surface area contributed by atoms with Gasteiger partial charge < -0.3 is 10.6 Å². The fourth-order valence-electron chi connectivity index (χ4n) is 2.58. The van der Waals surface area contributed by atoms with Gasteiger partial charge in [-0.25, -0.2) is 0 Å². The van der Waals surface area contributed by atoms with Gasteiger partial charge in [0.25, 0.3) is 0 Å². The third kappa shape index (κ3) is 5.33. The van der Waals surface area contributed by atoms with Gasteiger partial charge in [0.1, 0.15) is 0 Å². The second kappa shape index (κ2) is 8.84. The number of hydrogen-bond donors (Lipinski definition) is 2. The molecule has 0 aromatic heterocycles. The van der Waals surface area contributed by atoms with Crippen molar-refractivity contribution in [2.24, 2.45) is 0 Å². The van der Waals surface area contributed by atoms with Crippen LogP contribution < -0.4 is 10.6 Å². The zero-order valence-electron chi connectivity index (χ0n) is 12.0. The maximum atomic E-state index is 11.9. The molecule has 1 amide bonds. The molecular weight excluding hydrogens is 331 g/mol. The smallest absolute Gasteiger partial charge is 0.221 e. The lowest BCUT2D eigenvalue weighted by Gasteiger charge is -2.17. The van der Waals surface area contributed by atoms with Crippen molar-refractivity contribution in [2.45, 2.75) is 38.1 Å². The summed E-state index contributed by atoms with van der Waals surface area (Å²) >= 11 is 12.3. The Labute approximate surface area is 142 Å². The maximum absolute atomic E-state index is 11.9. The van der Waals surface area contributed by atoms with Crippen molar-refractivity contribution in [2.75, 3.05) is 13.1 Å². The number of hydrogen-bond acceptors (Lipinski definition) is 2. The van der Waals surface area contributed by atoms with E-state index in [1.807, 2.05) is 25.1 Å². The molecule has 1 aliphatic heterocycles. The number of rotatable bonds is 5. The lowest BCUT2D eigenvalue weighted by molar-refractivity contribution is -0.121. The molecule has 0 saturated carbocycles. The van der Waals surface area contributed by atoms with E-state index in [9.17, 15) is 4.79 Å². The Hall–Kier alpha value is -0.480. The fourth-order valence-corrected chi connectivity index (χ4v) is 3.35. The first kappa shape index (κ1) is 18.6.